The summed E-state index contributed by atoms with van der Waals surface area (Å²) in [6.45, 7) is 8.35. The Morgan fingerprint density at radius 3 is 2.62 bits per heavy atom. The van der Waals surface area contributed by atoms with Crippen molar-refractivity contribution in [1.29, 1.82) is 5.26 Å². The van der Waals surface area contributed by atoms with Crippen molar-refractivity contribution in [2.75, 3.05) is 5.32 Å². The smallest absolute Gasteiger partial charge is 0.144 e. The van der Waals surface area contributed by atoms with Gasteiger partial charge in [-0.2, -0.15) is 5.26 Å². The highest BCUT2D eigenvalue weighted by molar-refractivity contribution is 5.57. The van der Waals surface area contributed by atoms with E-state index < -0.39 is 0 Å². The van der Waals surface area contributed by atoms with Crippen molar-refractivity contribution in [3.8, 4) is 6.07 Å². The van der Waals surface area contributed by atoms with Crippen LogP contribution in [-0.2, 0) is 0 Å². The van der Waals surface area contributed by atoms with Crippen molar-refractivity contribution in [2.24, 2.45) is 5.41 Å². The first kappa shape index (κ1) is 10.9. The topological polar surface area (TPSA) is 48.7 Å². The van der Waals surface area contributed by atoms with Gasteiger partial charge in [-0.1, -0.05) is 13.8 Å². The maximum absolute atomic E-state index is 9.12. The van der Waals surface area contributed by atoms with Crippen LogP contribution in [0.15, 0.2) is 6.07 Å². The summed E-state index contributed by atoms with van der Waals surface area (Å²) in [6.07, 6.45) is 1.15. The molecule has 1 unspecified atom stereocenters. The maximum atomic E-state index is 9.12. The van der Waals surface area contributed by atoms with Crippen molar-refractivity contribution in [2.45, 2.75) is 40.2 Å². The van der Waals surface area contributed by atoms with Crippen LogP contribution in [0, 0.1) is 30.6 Å². The van der Waals surface area contributed by atoms with Gasteiger partial charge in [0.05, 0.1) is 5.56 Å². The molecule has 1 aromatic rings. The van der Waals surface area contributed by atoms with Crippen LogP contribution in [0.5, 0.6) is 0 Å². The lowest BCUT2D eigenvalue weighted by Gasteiger charge is -2.11. The molecule has 0 aromatic carbocycles. The number of pyridine rings is 1. The molecule has 1 aromatic heterocycles. The van der Waals surface area contributed by atoms with Gasteiger partial charge in [0, 0.05) is 11.7 Å². The van der Waals surface area contributed by atoms with Crippen LogP contribution in [0.3, 0.4) is 0 Å². The fraction of sp³-hybridized carbons (Fsp3) is 0.538. The number of hydrogen-bond donors (Lipinski definition) is 1. The quantitative estimate of drug-likeness (QED) is 0.825. The number of aromatic nitrogens is 1. The van der Waals surface area contributed by atoms with Crippen LogP contribution in [-0.4, -0.2) is 11.0 Å². The molecule has 16 heavy (non-hydrogen) atoms. The molecule has 0 spiro atoms. The zero-order valence-electron chi connectivity index (χ0n) is 10.3. The molecule has 1 N–H and O–H groups in total. The van der Waals surface area contributed by atoms with E-state index in [-0.39, 0.29) is 0 Å². The largest absolute Gasteiger partial charge is 0.366 e. The minimum absolute atomic E-state index is 0.339. The predicted octanol–water partition coefficient (Wildman–Crippen LogP) is 2.78. The SMILES string of the molecule is Cc1cc(C)c(C#N)c(NC2CC2(C)C)n1. The Kier molecular flexibility index (Phi) is 2.38. The lowest BCUT2D eigenvalue weighted by atomic mass is 10.1. The monoisotopic (exact) mass is 215 g/mol. The van der Waals surface area contributed by atoms with Gasteiger partial charge in [0.25, 0.3) is 0 Å². The normalized spacial score (nSPS) is 21.3. The number of hydrogen-bond acceptors (Lipinski definition) is 3. The van der Waals surface area contributed by atoms with Crippen LogP contribution in [0.25, 0.3) is 0 Å². The van der Waals surface area contributed by atoms with E-state index >= 15 is 0 Å². The lowest BCUT2D eigenvalue weighted by molar-refractivity contribution is 0.629. The summed E-state index contributed by atoms with van der Waals surface area (Å²) < 4.78 is 0. The Bertz CT molecular complexity index is 469. The van der Waals surface area contributed by atoms with E-state index in [4.69, 9.17) is 5.26 Å². The average Bonchev–Trinajstić information content (AvgIpc) is 2.72. The Hall–Kier alpha value is -1.56. The van der Waals surface area contributed by atoms with Crippen LogP contribution in [0.4, 0.5) is 5.82 Å². The molecule has 1 saturated carbocycles. The maximum Gasteiger partial charge on any atom is 0.144 e. The average molecular weight is 215 g/mol. The second-order valence-electron chi connectivity index (χ2n) is 5.31. The Labute approximate surface area is 96.5 Å². The molecule has 1 heterocycles. The molecule has 1 aliphatic carbocycles. The first-order valence-corrected chi connectivity index (χ1v) is 5.59. The van der Waals surface area contributed by atoms with Crippen molar-refractivity contribution >= 4 is 5.82 Å². The van der Waals surface area contributed by atoms with E-state index in [2.05, 4.69) is 30.2 Å². The molecule has 84 valence electrons. The van der Waals surface area contributed by atoms with Gasteiger partial charge in [-0.15, -0.1) is 0 Å². The van der Waals surface area contributed by atoms with Gasteiger partial charge in [-0.05, 0) is 37.3 Å². The standard InChI is InChI=1S/C13H17N3/c1-8-5-9(2)15-12(10(8)7-14)16-11-6-13(11,3)4/h5,11H,6H2,1-4H3,(H,15,16). The molecule has 0 saturated heterocycles. The van der Waals surface area contributed by atoms with E-state index in [1.807, 2.05) is 19.9 Å². The fourth-order valence-electron chi connectivity index (χ4n) is 1.96. The minimum atomic E-state index is 0.339. The highest BCUT2D eigenvalue weighted by Crippen LogP contribution is 2.46. The Balaban J connectivity index is 2.30. The van der Waals surface area contributed by atoms with Gasteiger partial charge in [-0.25, -0.2) is 4.98 Å². The van der Waals surface area contributed by atoms with Crippen LogP contribution < -0.4 is 5.32 Å². The number of nitrogens with one attached hydrogen (secondary N) is 1. The first-order valence-electron chi connectivity index (χ1n) is 5.59. The zero-order valence-corrected chi connectivity index (χ0v) is 10.3. The summed E-state index contributed by atoms with van der Waals surface area (Å²) in [5, 5.41) is 12.5. The Morgan fingerprint density at radius 2 is 2.12 bits per heavy atom. The number of anilines is 1. The highest BCUT2D eigenvalue weighted by atomic mass is 15.1. The Morgan fingerprint density at radius 1 is 1.50 bits per heavy atom. The van der Waals surface area contributed by atoms with Crippen molar-refractivity contribution in [3.63, 3.8) is 0 Å². The zero-order chi connectivity index (χ0) is 11.9. The van der Waals surface area contributed by atoms with E-state index in [1.165, 1.54) is 0 Å². The number of rotatable bonds is 2. The van der Waals surface area contributed by atoms with Crippen LogP contribution in [0.1, 0.15) is 37.1 Å². The van der Waals surface area contributed by atoms with Crippen LogP contribution >= 0.6 is 0 Å². The van der Waals surface area contributed by atoms with E-state index in [0.29, 0.717) is 17.0 Å². The van der Waals surface area contributed by atoms with Gasteiger partial charge in [0.1, 0.15) is 11.9 Å². The van der Waals surface area contributed by atoms with Crippen molar-refractivity contribution in [3.05, 3.63) is 22.9 Å². The summed E-state index contributed by atoms with van der Waals surface area (Å²) in [4.78, 5) is 4.42. The predicted molar refractivity (Wildman–Crippen MR) is 64.2 cm³/mol. The molecule has 0 aliphatic heterocycles. The van der Waals surface area contributed by atoms with E-state index in [0.717, 1.165) is 23.5 Å². The summed E-state index contributed by atoms with van der Waals surface area (Å²) in [5.41, 5.74) is 2.97. The summed E-state index contributed by atoms with van der Waals surface area (Å²) in [6, 6.07) is 4.62. The van der Waals surface area contributed by atoms with Gasteiger partial charge in [0.2, 0.25) is 0 Å². The molecule has 3 heteroatoms. The number of aryl methyl sites for hydroxylation is 2. The van der Waals surface area contributed by atoms with Gasteiger partial charge in [-0.3, -0.25) is 0 Å². The molecule has 2 rings (SSSR count). The third kappa shape index (κ3) is 1.88. The molecular formula is C13H17N3. The summed E-state index contributed by atoms with van der Waals surface area (Å²) in [5.74, 6) is 0.746. The van der Waals surface area contributed by atoms with Gasteiger partial charge >= 0.3 is 0 Å². The molecule has 0 radical (unpaired) electrons. The van der Waals surface area contributed by atoms with Crippen molar-refractivity contribution < 1.29 is 0 Å². The summed E-state index contributed by atoms with van der Waals surface area (Å²) in [7, 11) is 0. The second kappa shape index (κ2) is 3.48. The van der Waals surface area contributed by atoms with Crippen LogP contribution in [0.2, 0.25) is 0 Å². The minimum Gasteiger partial charge on any atom is -0.366 e. The van der Waals surface area contributed by atoms with E-state index in [1.54, 1.807) is 0 Å². The number of nitriles is 1. The lowest BCUT2D eigenvalue weighted by Crippen LogP contribution is -2.12. The number of nitrogens with zero attached hydrogens (tertiary/aromatic N) is 2. The molecule has 0 bridgehead atoms. The third-order valence-electron chi connectivity index (χ3n) is 3.28. The highest BCUT2D eigenvalue weighted by Gasteiger charge is 2.46. The molecule has 1 fully saturated rings. The fourth-order valence-corrected chi connectivity index (χ4v) is 1.96. The van der Waals surface area contributed by atoms with Crippen molar-refractivity contribution in [1.82, 2.24) is 4.98 Å². The molecule has 1 aliphatic rings. The van der Waals surface area contributed by atoms with Gasteiger partial charge < -0.3 is 5.32 Å². The van der Waals surface area contributed by atoms with Gasteiger partial charge in [0.15, 0.2) is 0 Å². The second-order valence-corrected chi connectivity index (χ2v) is 5.31. The molecule has 0 amide bonds. The first-order chi connectivity index (χ1) is 7.44. The molecule has 3 nitrogen and oxygen atoms in total. The molecular weight excluding hydrogens is 198 g/mol. The molecule has 1 atom stereocenters. The van der Waals surface area contributed by atoms with E-state index in [9.17, 15) is 0 Å². The summed E-state index contributed by atoms with van der Waals surface area (Å²) >= 11 is 0. The third-order valence-corrected chi connectivity index (χ3v) is 3.28.